The Labute approximate surface area is 141 Å². The highest BCUT2D eigenvalue weighted by Gasteiger charge is 2.29. The van der Waals surface area contributed by atoms with E-state index in [0.29, 0.717) is 6.42 Å². The third-order valence-corrected chi connectivity index (χ3v) is 5.93. The highest BCUT2D eigenvalue weighted by molar-refractivity contribution is 9.10. The van der Waals surface area contributed by atoms with Crippen LogP contribution >= 0.6 is 27.3 Å². The molecular weight excluding hydrogens is 358 g/mol. The molecular formula is C18H14BrNOS. The topological polar surface area (TPSA) is 29.1 Å². The van der Waals surface area contributed by atoms with Crippen molar-refractivity contribution in [2.45, 2.75) is 19.3 Å². The molecule has 1 N–H and O–H groups in total. The molecule has 1 amide bonds. The molecule has 0 saturated carbocycles. The van der Waals surface area contributed by atoms with Crippen LogP contribution in [0.25, 0.3) is 10.8 Å². The first-order chi connectivity index (χ1) is 10.6. The van der Waals surface area contributed by atoms with Gasteiger partial charge in [-0.2, -0.15) is 0 Å². The molecule has 1 aliphatic heterocycles. The first-order valence-electron chi connectivity index (χ1n) is 7.21. The lowest BCUT2D eigenvalue weighted by Gasteiger charge is -2.27. The molecule has 0 fully saturated rings. The standard InChI is InChI=1S/C18H14BrNOS/c1-10-6-7-16(22-10)13-9-17(21)20-18-12-5-3-2-4-11(12)15(19)8-14(13)18/h2-8,13H,9H2,1H3,(H,20,21). The minimum Gasteiger partial charge on any atom is -0.325 e. The highest BCUT2D eigenvalue weighted by atomic mass is 79.9. The van der Waals surface area contributed by atoms with Crippen molar-refractivity contribution in [3.63, 3.8) is 0 Å². The molecule has 0 radical (unpaired) electrons. The number of benzene rings is 2. The van der Waals surface area contributed by atoms with Crippen LogP contribution in [-0.2, 0) is 4.79 Å². The largest absolute Gasteiger partial charge is 0.325 e. The maximum absolute atomic E-state index is 12.2. The molecule has 3 aromatic rings. The van der Waals surface area contributed by atoms with Gasteiger partial charge < -0.3 is 5.32 Å². The van der Waals surface area contributed by atoms with Gasteiger partial charge in [-0.3, -0.25) is 4.79 Å². The lowest BCUT2D eigenvalue weighted by molar-refractivity contribution is -0.116. The fraction of sp³-hybridized carbons (Fsp3) is 0.167. The van der Waals surface area contributed by atoms with Crippen LogP contribution in [0.3, 0.4) is 0 Å². The van der Waals surface area contributed by atoms with Crippen molar-refractivity contribution >= 4 is 49.6 Å². The van der Waals surface area contributed by atoms with Crippen molar-refractivity contribution in [2.75, 3.05) is 5.32 Å². The van der Waals surface area contributed by atoms with Crippen molar-refractivity contribution in [2.24, 2.45) is 0 Å². The third kappa shape index (κ3) is 2.18. The summed E-state index contributed by atoms with van der Waals surface area (Å²) in [6.45, 7) is 2.11. The van der Waals surface area contributed by atoms with Gasteiger partial charge in [0.2, 0.25) is 5.91 Å². The van der Waals surface area contributed by atoms with E-state index in [1.807, 2.05) is 12.1 Å². The molecule has 1 atom stereocenters. The number of hydrogen-bond acceptors (Lipinski definition) is 2. The van der Waals surface area contributed by atoms with E-state index in [2.05, 4.69) is 58.5 Å². The molecule has 0 bridgehead atoms. The normalized spacial score (nSPS) is 17.4. The summed E-state index contributed by atoms with van der Waals surface area (Å²) in [7, 11) is 0. The molecule has 22 heavy (non-hydrogen) atoms. The average Bonchev–Trinajstić information content (AvgIpc) is 2.94. The number of nitrogens with one attached hydrogen (secondary N) is 1. The van der Waals surface area contributed by atoms with Crippen molar-refractivity contribution < 1.29 is 4.79 Å². The third-order valence-electron chi connectivity index (χ3n) is 4.16. The molecule has 4 heteroatoms. The summed E-state index contributed by atoms with van der Waals surface area (Å²) in [4.78, 5) is 14.8. The van der Waals surface area contributed by atoms with Crippen molar-refractivity contribution in [1.82, 2.24) is 0 Å². The van der Waals surface area contributed by atoms with E-state index in [-0.39, 0.29) is 11.8 Å². The lowest BCUT2D eigenvalue weighted by atomic mass is 9.87. The second kappa shape index (κ2) is 5.21. The van der Waals surface area contributed by atoms with Gasteiger partial charge in [0.15, 0.2) is 0 Å². The van der Waals surface area contributed by atoms with Crippen LogP contribution < -0.4 is 5.32 Å². The zero-order valence-electron chi connectivity index (χ0n) is 12.0. The van der Waals surface area contributed by atoms with E-state index in [0.717, 1.165) is 20.9 Å². The monoisotopic (exact) mass is 371 g/mol. The molecule has 2 heterocycles. The SMILES string of the molecule is Cc1ccc(C2CC(=O)Nc3c2cc(Br)c2ccccc32)s1. The van der Waals surface area contributed by atoms with Crippen LogP contribution in [0, 0.1) is 6.92 Å². The Morgan fingerprint density at radius 3 is 2.68 bits per heavy atom. The predicted molar refractivity (Wildman–Crippen MR) is 95.8 cm³/mol. The van der Waals surface area contributed by atoms with Gasteiger partial charge in [0.05, 0.1) is 5.69 Å². The maximum Gasteiger partial charge on any atom is 0.225 e. The lowest BCUT2D eigenvalue weighted by Crippen LogP contribution is -2.23. The van der Waals surface area contributed by atoms with E-state index >= 15 is 0 Å². The number of rotatable bonds is 1. The number of aryl methyl sites for hydroxylation is 1. The molecule has 2 nitrogen and oxygen atoms in total. The van der Waals surface area contributed by atoms with Crippen LogP contribution in [0.5, 0.6) is 0 Å². The molecule has 1 aromatic heterocycles. The van der Waals surface area contributed by atoms with Crippen molar-refractivity contribution in [1.29, 1.82) is 0 Å². The second-order valence-electron chi connectivity index (χ2n) is 5.62. The quantitative estimate of drug-likeness (QED) is 0.605. The van der Waals surface area contributed by atoms with Crippen molar-refractivity contribution in [3.8, 4) is 0 Å². The summed E-state index contributed by atoms with van der Waals surface area (Å²) in [6.07, 6.45) is 0.512. The number of carbonyl (C=O) groups is 1. The van der Waals surface area contributed by atoms with Crippen LogP contribution in [-0.4, -0.2) is 5.91 Å². The summed E-state index contributed by atoms with van der Waals surface area (Å²) >= 11 is 5.46. The molecule has 0 aliphatic carbocycles. The van der Waals surface area contributed by atoms with Gasteiger partial charge in [0, 0.05) is 32.0 Å². The Morgan fingerprint density at radius 2 is 1.95 bits per heavy atom. The van der Waals surface area contributed by atoms with Crippen LogP contribution in [0.2, 0.25) is 0 Å². The maximum atomic E-state index is 12.2. The van der Waals surface area contributed by atoms with Crippen LogP contribution in [0.4, 0.5) is 5.69 Å². The van der Waals surface area contributed by atoms with E-state index in [1.54, 1.807) is 11.3 Å². The number of hydrogen-bond donors (Lipinski definition) is 1. The minimum absolute atomic E-state index is 0.0935. The fourth-order valence-corrected chi connectivity index (χ4v) is 4.73. The molecule has 0 spiro atoms. The Morgan fingerprint density at radius 1 is 1.18 bits per heavy atom. The Bertz CT molecular complexity index is 899. The molecule has 4 rings (SSSR count). The van der Waals surface area contributed by atoms with E-state index in [4.69, 9.17) is 0 Å². The van der Waals surface area contributed by atoms with Crippen molar-refractivity contribution in [3.05, 3.63) is 62.3 Å². The number of carbonyl (C=O) groups excluding carboxylic acids is 1. The van der Waals surface area contributed by atoms with E-state index in [1.165, 1.54) is 15.3 Å². The van der Waals surface area contributed by atoms with E-state index < -0.39 is 0 Å². The zero-order chi connectivity index (χ0) is 15.3. The summed E-state index contributed by atoms with van der Waals surface area (Å²) < 4.78 is 1.08. The predicted octanol–water partition coefficient (Wildman–Crippen LogP) is 5.45. The summed E-state index contributed by atoms with van der Waals surface area (Å²) in [5.74, 6) is 0.236. The molecule has 110 valence electrons. The van der Waals surface area contributed by atoms with Crippen LogP contribution in [0.15, 0.2) is 46.9 Å². The highest BCUT2D eigenvalue weighted by Crippen LogP contribution is 2.44. The van der Waals surface area contributed by atoms with Gasteiger partial charge in [-0.15, -0.1) is 11.3 Å². The van der Waals surface area contributed by atoms with Gasteiger partial charge in [-0.05, 0) is 36.1 Å². The van der Waals surface area contributed by atoms with Gasteiger partial charge >= 0.3 is 0 Å². The van der Waals surface area contributed by atoms with Crippen LogP contribution in [0.1, 0.15) is 27.7 Å². The average molecular weight is 372 g/mol. The molecule has 0 saturated heterocycles. The Kier molecular flexibility index (Phi) is 3.31. The second-order valence-corrected chi connectivity index (χ2v) is 7.80. The zero-order valence-corrected chi connectivity index (χ0v) is 14.4. The first kappa shape index (κ1) is 14.0. The van der Waals surface area contributed by atoms with Gasteiger partial charge in [0.25, 0.3) is 0 Å². The summed E-state index contributed by atoms with van der Waals surface area (Å²) in [6, 6.07) is 14.6. The molecule has 1 unspecified atom stereocenters. The molecule has 2 aromatic carbocycles. The van der Waals surface area contributed by atoms with Gasteiger partial charge in [-0.1, -0.05) is 40.2 Å². The number of halogens is 1. The minimum atomic E-state index is 0.0935. The number of anilines is 1. The summed E-state index contributed by atoms with van der Waals surface area (Å²) in [5, 5.41) is 5.31. The van der Waals surface area contributed by atoms with E-state index in [9.17, 15) is 4.79 Å². The Hall–Kier alpha value is -1.65. The smallest absolute Gasteiger partial charge is 0.225 e. The van der Waals surface area contributed by atoms with Gasteiger partial charge in [0.1, 0.15) is 0 Å². The molecule has 1 aliphatic rings. The number of amides is 1. The Balaban J connectivity index is 1.99. The first-order valence-corrected chi connectivity index (χ1v) is 8.82. The number of fused-ring (bicyclic) bond motifs is 3. The fourth-order valence-electron chi connectivity index (χ4n) is 3.15. The summed E-state index contributed by atoms with van der Waals surface area (Å²) in [5.41, 5.74) is 2.16. The number of thiophene rings is 1. The van der Waals surface area contributed by atoms with Gasteiger partial charge in [-0.25, -0.2) is 0 Å².